The van der Waals surface area contributed by atoms with Crippen LogP contribution in [0.1, 0.15) is 32.7 Å². The van der Waals surface area contributed by atoms with Crippen LogP contribution in [0.5, 0.6) is 0 Å². The highest BCUT2D eigenvalue weighted by Gasteiger charge is 2.18. The lowest BCUT2D eigenvalue weighted by Crippen LogP contribution is -2.23. The molecule has 1 aromatic carbocycles. The molecule has 0 aliphatic rings. The zero-order chi connectivity index (χ0) is 16.6. The summed E-state index contributed by atoms with van der Waals surface area (Å²) in [5.41, 5.74) is 2.50. The van der Waals surface area contributed by atoms with Gasteiger partial charge < -0.3 is 0 Å². The van der Waals surface area contributed by atoms with E-state index in [0.29, 0.717) is 12.2 Å². The molecule has 6 nitrogen and oxygen atoms in total. The summed E-state index contributed by atoms with van der Waals surface area (Å²) in [7, 11) is 0. The fourth-order valence-corrected chi connectivity index (χ4v) is 3.08. The Morgan fingerprint density at radius 3 is 2.35 bits per heavy atom. The van der Waals surface area contributed by atoms with Gasteiger partial charge in [-0.2, -0.15) is 9.36 Å². The van der Waals surface area contributed by atoms with Crippen molar-refractivity contribution < 1.29 is 0 Å². The number of rotatable bonds is 3. The molecular weight excluding hydrogens is 310 g/mol. The minimum atomic E-state index is -0.232. The molecule has 0 aliphatic carbocycles. The Hall–Kier alpha value is -2.28. The predicted octanol–water partition coefficient (Wildman–Crippen LogP) is 2.87. The number of benzene rings is 1. The van der Waals surface area contributed by atoms with E-state index < -0.39 is 0 Å². The van der Waals surface area contributed by atoms with Crippen LogP contribution in [0, 0.1) is 0 Å². The average Bonchev–Trinajstić information content (AvgIpc) is 3.14. The molecule has 3 aromatic rings. The summed E-state index contributed by atoms with van der Waals surface area (Å²) in [4.78, 5) is 16.8. The maximum atomic E-state index is 12.1. The van der Waals surface area contributed by atoms with E-state index in [1.165, 1.54) is 9.36 Å². The summed E-state index contributed by atoms with van der Waals surface area (Å²) in [6.45, 7) is 8.83. The van der Waals surface area contributed by atoms with Crippen LogP contribution in [-0.2, 0) is 12.0 Å². The van der Waals surface area contributed by atoms with Crippen LogP contribution in [-0.4, -0.2) is 24.8 Å². The molecule has 0 radical (unpaired) electrons. The molecule has 0 saturated carbocycles. The van der Waals surface area contributed by atoms with E-state index in [9.17, 15) is 4.79 Å². The second-order valence-corrected chi connectivity index (χ2v) is 7.18. The highest BCUT2D eigenvalue weighted by molar-refractivity contribution is 7.10. The number of thiazole rings is 1. The Labute approximate surface area is 138 Å². The minimum absolute atomic E-state index is 0.0504. The van der Waals surface area contributed by atoms with Gasteiger partial charge in [-0.1, -0.05) is 32.9 Å². The number of tetrazole rings is 1. The average molecular weight is 329 g/mol. The van der Waals surface area contributed by atoms with Gasteiger partial charge in [-0.15, -0.1) is 11.3 Å². The van der Waals surface area contributed by atoms with Crippen LogP contribution >= 0.6 is 11.3 Å². The third-order valence-electron chi connectivity index (χ3n) is 3.49. The molecule has 0 spiro atoms. The minimum Gasteiger partial charge on any atom is -0.244 e. The van der Waals surface area contributed by atoms with Gasteiger partial charge in [-0.05, 0) is 29.5 Å². The first kappa shape index (κ1) is 15.6. The Kier molecular flexibility index (Phi) is 3.89. The first-order valence-corrected chi connectivity index (χ1v) is 8.38. The number of aryl methyl sites for hydroxylation is 1. The molecule has 0 unspecified atom stereocenters. The number of nitrogens with zero attached hydrogens (tertiary/aromatic N) is 5. The van der Waals surface area contributed by atoms with Gasteiger partial charge in [-0.3, -0.25) is 0 Å². The SMILES string of the molecule is CCn1nnn(-c2ccc(-c3csc(C(C)(C)C)n3)cc2)c1=O. The number of aromatic nitrogens is 5. The Morgan fingerprint density at radius 1 is 1.13 bits per heavy atom. The molecule has 7 heteroatoms. The van der Waals surface area contributed by atoms with Gasteiger partial charge in [0, 0.05) is 22.9 Å². The van der Waals surface area contributed by atoms with E-state index in [1.54, 1.807) is 11.3 Å². The maximum Gasteiger partial charge on any atom is 0.368 e. The normalized spacial score (nSPS) is 11.8. The molecule has 0 bridgehead atoms. The maximum absolute atomic E-state index is 12.1. The van der Waals surface area contributed by atoms with Crippen molar-refractivity contribution in [2.24, 2.45) is 0 Å². The Morgan fingerprint density at radius 2 is 1.83 bits per heavy atom. The molecule has 0 atom stereocenters. The molecule has 2 aromatic heterocycles. The van der Waals surface area contributed by atoms with Crippen LogP contribution in [0.4, 0.5) is 0 Å². The van der Waals surface area contributed by atoms with E-state index in [4.69, 9.17) is 4.98 Å². The quantitative estimate of drug-likeness (QED) is 0.741. The zero-order valence-corrected chi connectivity index (χ0v) is 14.5. The lowest BCUT2D eigenvalue weighted by Gasteiger charge is -2.13. The molecular formula is C16H19N5OS. The van der Waals surface area contributed by atoms with Crippen LogP contribution in [0.2, 0.25) is 0 Å². The van der Waals surface area contributed by atoms with Crippen molar-refractivity contribution >= 4 is 11.3 Å². The lowest BCUT2D eigenvalue weighted by molar-refractivity contribution is 0.586. The van der Waals surface area contributed by atoms with E-state index in [0.717, 1.165) is 16.3 Å². The molecule has 0 aliphatic heterocycles. The largest absolute Gasteiger partial charge is 0.368 e. The fourth-order valence-electron chi connectivity index (χ4n) is 2.16. The van der Waals surface area contributed by atoms with Gasteiger partial charge in [0.2, 0.25) is 0 Å². The van der Waals surface area contributed by atoms with Crippen molar-refractivity contribution in [2.45, 2.75) is 39.7 Å². The fraction of sp³-hybridized carbons (Fsp3) is 0.375. The van der Waals surface area contributed by atoms with E-state index in [2.05, 4.69) is 36.6 Å². The van der Waals surface area contributed by atoms with Crippen molar-refractivity contribution in [3.05, 3.63) is 45.1 Å². The molecule has 2 heterocycles. The van der Waals surface area contributed by atoms with Crippen LogP contribution in [0.25, 0.3) is 16.9 Å². The van der Waals surface area contributed by atoms with Crippen LogP contribution < -0.4 is 5.69 Å². The smallest absolute Gasteiger partial charge is 0.244 e. The van der Waals surface area contributed by atoms with Gasteiger partial charge in [0.1, 0.15) is 0 Å². The predicted molar refractivity (Wildman–Crippen MR) is 91.1 cm³/mol. The van der Waals surface area contributed by atoms with Gasteiger partial charge >= 0.3 is 5.69 Å². The molecule has 120 valence electrons. The first-order chi connectivity index (χ1) is 10.9. The van der Waals surface area contributed by atoms with Gasteiger partial charge in [0.15, 0.2) is 0 Å². The summed E-state index contributed by atoms with van der Waals surface area (Å²) in [6, 6.07) is 7.63. The van der Waals surface area contributed by atoms with Crippen molar-refractivity contribution in [3.8, 4) is 16.9 Å². The van der Waals surface area contributed by atoms with E-state index in [-0.39, 0.29) is 11.1 Å². The zero-order valence-electron chi connectivity index (χ0n) is 13.6. The van der Waals surface area contributed by atoms with Crippen molar-refractivity contribution in [2.75, 3.05) is 0 Å². The summed E-state index contributed by atoms with van der Waals surface area (Å²) < 4.78 is 2.62. The van der Waals surface area contributed by atoms with Gasteiger partial charge in [0.25, 0.3) is 0 Å². The molecule has 3 rings (SSSR count). The third kappa shape index (κ3) is 2.96. The van der Waals surface area contributed by atoms with Gasteiger partial charge in [0.05, 0.1) is 16.4 Å². The number of hydrogen-bond acceptors (Lipinski definition) is 5. The summed E-state index contributed by atoms with van der Waals surface area (Å²) >= 11 is 1.67. The van der Waals surface area contributed by atoms with Crippen LogP contribution in [0.15, 0.2) is 34.4 Å². The highest BCUT2D eigenvalue weighted by Crippen LogP contribution is 2.30. The third-order valence-corrected chi connectivity index (χ3v) is 4.76. The first-order valence-electron chi connectivity index (χ1n) is 7.50. The summed E-state index contributed by atoms with van der Waals surface area (Å²) in [5, 5.41) is 10.9. The monoisotopic (exact) mass is 329 g/mol. The van der Waals surface area contributed by atoms with E-state index in [1.807, 2.05) is 31.2 Å². The topological polar surface area (TPSA) is 65.6 Å². The van der Waals surface area contributed by atoms with E-state index >= 15 is 0 Å². The lowest BCUT2D eigenvalue weighted by atomic mass is 9.98. The van der Waals surface area contributed by atoms with Crippen molar-refractivity contribution in [3.63, 3.8) is 0 Å². The molecule has 0 amide bonds. The van der Waals surface area contributed by atoms with Crippen LogP contribution in [0.3, 0.4) is 0 Å². The summed E-state index contributed by atoms with van der Waals surface area (Å²) in [5.74, 6) is 0. The second kappa shape index (κ2) is 5.73. The van der Waals surface area contributed by atoms with Gasteiger partial charge in [-0.25, -0.2) is 9.78 Å². The second-order valence-electron chi connectivity index (χ2n) is 6.32. The Bertz CT molecular complexity index is 867. The van der Waals surface area contributed by atoms with Crippen molar-refractivity contribution in [1.82, 2.24) is 24.8 Å². The molecule has 0 saturated heterocycles. The number of hydrogen-bond donors (Lipinski definition) is 0. The highest BCUT2D eigenvalue weighted by atomic mass is 32.1. The summed E-state index contributed by atoms with van der Waals surface area (Å²) in [6.07, 6.45) is 0. The van der Waals surface area contributed by atoms with Crippen molar-refractivity contribution in [1.29, 1.82) is 0 Å². The molecule has 0 fully saturated rings. The molecule has 0 N–H and O–H groups in total. The standard InChI is InChI=1S/C16H19N5OS/c1-5-20-15(22)21(19-18-20)12-8-6-11(7-9-12)13-10-23-14(17-13)16(2,3)4/h6-10H,5H2,1-4H3. The molecule has 23 heavy (non-hydrogen) atoms. The Balaban J connectivity index is 1.92.